The summed E-state index contributed by atoms with van der Waals surface area (Å²) in [5.41, 5.74) is 0.787. The van der Waals surface area contributed by atoms with E-state index in [0.717, 1.165) is 16.9 Å². The number of thioether (sulfide) groups is 1. The molecule has 2 aromatic rings. The van der Waals surface area contributed by atoms with E-state index >= 15 is 0 Å². The van der Waals surface area contributed by atoms with Gasteiger partial charge < -0.3 is 10.2 Å². The molecule has 0 fully saturated rings. The highest BCUT2D eigenvalue weighted by Gasteiger charge is 2.29. The van der Waals surface area contributed by atoms with Gasteiger partial charge in [0.25, 0.3) is 0 Å². The molecule has 168 valence electrons. The minimum atomic E-state index is -0.577. The fraction of sp³-hybridized carbons (Fsp3) is 0.417. The van der Waals surface area contributed by atoms with E-state index in [1.807, 2.05) is 45.0 Å². The summed E-state index contributed by atoms with van der Waals surface area (Å²) in [6.45, 7) is 6.10. The predicted octanol–water partition coefficient (Wildman–Crippen LogP) is 5.68. The van der Waals surface area contributed by atoms with E-state index in [2.05, 4.69) is 5.32 Å². The second-order valence-electron chi connectivity index (χ2n) is 7.44. The molecule has 2 unspecified atom stereocenters. The summed E-state index contributed by atoms with van der Waals surface area (Å²) >= 11 is 7.49. The Balaban J connectivity index is 2.12. The monoisotopic (exact) mass is 464 g/mol. The van der Waals surface area contributed by atoms with E-state index in [0.29, 0.717) is 23.6 Å². The third-order valence-electron chi connectivity index (χ3n) is 5.05. The van der Waals surface area contributed by atoms with Crippen molar-refractivity contribution in [3.63, 3.8) is 0 Å². The molecule has 0 aliphatic carbocycles. The molecule has 31 heavy (non-hydrogen) atoms. The molecule has 2 amide bonds. The van der Waals surface area contributed by atoms with Gasteiger partial charge in [0.15, 0.2) is 0 Å². The van der Waals surface area contributed by atoms with Crippen LogP contribution in [0.25, 0.3) is 0 Å². The van der Waals surface area contributed by atoms with Crippen LogP contribution in [0.2, 0.25) is 5.02 Å². The third-order valence-corrected chi connectivity index (χ3v) is 6.32. The fourth-order valence-electron chi connectivity index (χ4n) is 3.08. The second-order valence-corrected chi connectivity index (χ2v) is 9.05. The summed E-state index contributed by atoms with van der Waals surface area (Å²) in [5, 5.41) is 3.66. The van der Waals surface area contributed by atoms with Crippen molar-refractivity contribution >= 4 is 35.2 Å². The molecule has 0 spiro atoms. The highest BCUT2D eigenvalue weighted by molar-refractivity contribution is 7.99. The van der Waals surface area contributed by atoms with Crippen LogP contribution >= 0.6 is 23.4 Å². The Labute approximate surface area is 193 Å². The summed E-state index contributed by atoms with van der Waals surface area (Å²) in [6, 6.07) is 13.0. The zero-order chi connectivity index (χ0) is 22.8. The van der Waals surface area contributed by atoms with Crippen LogP contribution < -0.4 is 5.32 Å². The second kappa shape index (κ2) is 12.7. The minimum absolute atomic E-state index is 0.0322. The van der Waals surface area contributed by atoms with E-state index in [9.17, 15) is 14.0 Å². The Morgan fingerprint density at radius 3 is 2.29 bits per heavy atom. The fourth-order valence-corrected chi connectivity index (χ4v) is 4.04. The van der Waals surface area contributed by atoms with E-state index in [1.165, 1.54) is 12.1 Å². The Hall–Kier alpha value is -2.05. The Morgan fingerprint density at radius 1 is 1.06 bits per heavy atom. The van der Waals surface area contributed by atoms with Gasteiger partial charge in [0.05, 0.1) is 0 Å². The number of amides is 2. The van der Waals surface area contributed by atoms with Crippen LogP contribution in [0.5, 0.6) is 0 Å². The molecule has 2 atom stereocenters. The first-order valence-corrected chi connectivity index (χ1v) is 11.9. The van der Waals surface area contributed by atoms with Gasteiger partial charge >= 0.3 is 0 Å². The van der Waals surface area contributed by atoms with Crippen molar-refractivity contribution in [1.29, 1.82) is 0 Å². The molecular weight excluding hydrogens is 435 g/mol. The van der Waals surface area contributed by atoms with E-state index in [1.54, 1.807) is 28.8 Å². The van der Waals surface area contributed by atoms with Gasteiger partial charge in [-0.25, -0.2) is 4.39 Å². The molecule has 0 heterocycles. The Bertz CT molecular complexity index is 846. The van der Waals surface area contributed by atoms with E-state index in [4.69, 9.17) is 11.6 Å². The van der Waals surface area contributed by atoms with Gasteiger partial charge in [-0.15, -0.1) is 11.8 Å². The smallest absolute Gasteiger partial charge is 0.243 e. The molecule has 0 radical (unpaired) electrons. The number of benzene rings is 2. The van der Waals surface area contributed by atoms with Crippen LogP contribution in [-0.2, 0) is 16.1 Å². The normalized spacial score (nSPS) is 12.8. The maximum absolute atomic E-state index is 13.3. The summed E-state index contributed by atoms with van der Waals surface area (Å²) in [5.74, 6) is 0.00113. The van der Waals surface area contributed by atoms with Gasteiger partial charge in [-0.05, 0) is 61.7 Å². The molecular formula is C24H30ClFN2O2S. The van der Waals surface area contributed by atoms with Gasteiger partial charge in [0.2, 0.25) is 11.8 Å². The molecule has 0 bridgehead atoms. The SMILES string of the molecule is CCC(C)NC(=O)C(CC)N(Cc1ccc(F)cc1)C(=O)CCSc1ccc(Cl)cc1. The molecule has 0 aromatic heterocycles. The number of hydrogen-bond donors (Lipinski definition) is 1. The molecule has 0 aliphatic heterocycles. The summed E-state index contributed by atoms with van der Waals surface area (Å²) in [6.07, 6.45) is 1.60. The zero-order valence-electron chi connectivity index (χ0n) is 18.2. The lowest BCUT2D eigenvalue weighted by Gasteiger charge is -2.31. The van der Waals surface area contributed by atoms with Gasteiger partial charge in [-0.2, -0.15) is 0 Å². The molecule has 2 aromatic carbocycles. The molecule has 1 N–H and O–H groups in total. The van der Waals surface area contributed by atoms with Gasteiger partial charge in [-0.3, -0.25) is 9.59 Å². The number of carbonyl (C=O) groups excluding carboxylic acids is 2. The average Bonchev–Trinajstić information content (AvgIpc) is 2.76. The van der Waals surface area contributed by atoms with Crippen LogP contribution in [0.1, 0.15) is 45.6 Å². The Kier molecular flexibility index (Phi) is 10.3. The minimum Gasteiger partial charge on any atom is -0.352 e. The van der Waals surface area contributed by atoms with Crippen LogP contribution in [0.15, 0.2) is 53.4 Å². The average molecular weight is 465 g/mol. The largest absolute Gasteiger partial charge is 0.352 e. The summed E-state index contributed by atoms with van der Waals surface area (Å²) < 4.78 is 13.3. The highest BCUT2D eigenvalue weighted by atomic mass is 35.5. The van der Waals surface area contributed by atoms with Gasteiger partial charge in [0.1, 0.15) is 11.9 Å². The molecule has 0 aliphatic rings. The zero-order valence-corrected chi connectivity index (χ0v) is 19.8. The van der Waals surface area contributed by atoms with Gasteiger partial charge in [0, 0.05) is 34.7 Å². The lowest BCUT2D eigenvalue weighted by atomic mass is 10.1. The number of nitrogens with one attached hydrogen (secondary N) is 1. The van der Waals surface area contributed by atoms with Crippen molar-refractivity contribution in [2.45, 2.75) is 63.6 Å². The quantitative estimate of drug-likeness (QED) is 0.435. The first kappa shape index (κ1) is 25.2. The molecule has 7 heteroatoms. The standard InChI is InChI=1S/C24H30ClFN2O2S/c1-4-17(3)27-24(30)22(5-2)28(16-18-6-10-20(26)11-7-18)23(29)14-15-31-21-12-8-19(25)9-13-21/h6-13,17,22H,4-5,14-16H2,1-3H3,(H,27,30). The molecule has 0 saturated carbocycles. The number of hydrogen-bond acceptors (Lipinski definition) is 3. The van der Waals surface area contributed by atoms with Crippen molar-refractivity contribution in [3.8, 4) is 0 Å². The van der Waals surface area contributed by atoms with Crippen molar-refractivity contribution in [2.75, 3.05) is 5.75 Å². The van der Waals surface area contributed by atoms with Crippen LogP contribution in [0, 0.1) is 5.82 Å². The maximum Gasteiger partial charge on any atom is 0.243 e. The topological polar surface area (TPSA) is 49.4 Å². The van der Waals surface area contributed by atoms with E-state index in [-0.39, 0.29) is 30.2 Å². The van der Waals surface area contributed by atoms with Crippen LogP contribution in [0.3, 0.4) is 0 Å². The third kappa shape index (κ3) is 8.19. The van der Waals surface area contributed by atoms with Crippen molar-refractivity contribution in [1.82, 2.24) is 10.2 Å². The number of halogens is 2. The van der Waals surface area contributed by atoms with Crippen molar-refractivity contribution in [2.24, 2.45) is 0 Å². The lowest BCUT2D eigenvalue weighted by Crippen LogP contribution is -2.50. The highest BCUT2D eigenvalue weighted by Crippen LogP contribution is 2.22. The first-order valence-electron chi connectivity index (χ1n) is 10.6. The van der Waals surface area contributed by atoms with Gasteiger partial charge in [-0.1, -0.05) is 37.6 Å². The Morgan fingerprint density at radius 2 is 1.71 bits per heavy atom. The lowest BCUT2D eigenvalue weighted by molar-refractivity contribution is -0.141. The maximum atomic E-state index is 13.3. The molecule has 0 saturated heterocycles. The molecule has 2 rings (SSSR count). The van der Waals surface area contributed by atoms with Crippen molar-refractivity contribution < 1.29 is 14.0 Å². The first-order chi connectivity index (χ1) is 14.8. The van der Waals surface area contributed by atoms with Crippen molar-refractivity contribution in [3.05, 3.63) is 64.9 Å². The van der Waals surface area contributed by atoms with Crippen LogP contribution in [-0.4, -0.2) is 34.6 Å². The summed E-state index contributed by atoms with van der Waals surface area (Å²) in [4.78, 5) is 28.7. The summed E-state index contributed by atoms with van der Waals surface area (Å²) in [7, 11) is 0. The molecule has 4 nitrogen and oxygen atoms in total. The number of rotatable bonds is 11. The number of nitrogens with zero attached hydrogens (tertiary/aromatic N) is 1. The predicted molar refractivity (Wildman–Crippen MR) is 126 cm³/mol. The van der Waals surface area contributed by atoms with Crippen LogP contribution in [0.4, 0.5) is 4.39 Å². The number of carbonyl (C=O) groups is 2. The van der Waals surface area contributed by atoms with E-state index < -0.39 is 6.04 Å².